The third kappa shape index (κ3) is 1.42. The quantitative estimate of drug-likeness (QED) is 0.842. The highest BCUT2D eigenvalue weighted by Crippen LogP contribution is 2.73. The molecule has 3 aliphatic carbocycles. The number of aliphatic hydroxyl groups is 1. The van der Waals surface area contributed by atoms with E-state index in [9.17, 15) is 9.90 Å². The first kappa shape index (κ1) is 12.4. The molecular formula is C17H20O3. The van der Waals surface area contributed by atoms with E-state index in [0.29, 0.717) is 16.9 Å². The predicted molar refractivity (Wildman–Crippen MR) is 74.2 cm³/mol. The maximum atomic E-state index is 11.5. The molecule has 4 rings (SSSR count). The summed E-state index contributed by atoms with van der Waals surface area (Å²) >= 11 is 0. The van der Waals surface area contributed by atoms with Crippen LogP contribution in [0.1, 0.15) is 48.0 Å². The van der Waals surface area contributed by atoms with Crippen molar-refractivity contribution < 1.29 is 14.6 Å². The minimum Gasteiger partial charge on any atom is -0.465 e. The first-order valence-corrected chi connectivity index (χ1v) is 7.49. The smallest absolute Gasteiger partial charge is 0.337 e. The second kappa shape index (κ2) is 3.85. The van der Waals surface area contributed by atoms with Crippen LogP contribution in [-0.4, -0.2) is 18.2 Å². The number of rotatable bonds is 2. The number of hydrogen-bond donors (Lipinski definition) is 1. The van der Waals surface area contributed by atoms with Gasteiger partial charge in [-0.1, -0.05) is 12.1 Å². The summed E-state index contributed by atoms with van der Waals surface area (Å²) in [5.74, 6) is 0.939. The lowest BCUT2D eigenvalue weighted by Gasteiger charge is -2.58. The van der Waals surface area contributed by atoms with Crippen LogP contribution in [0.3, 0.4) is 0 Å². The van der Waals surface area contributed by atoms with Crippen molar-refractivity contribution in [2.75, 3.05) is 7.11 Å². The van der Waals surface area contributed by atoms with E-state index in [1.807, 2.05) is 12.1 Å². The number of benzene rings is 1. The highest BCUT2D eigenvalue weighted by atomic mass is 16.5. The summed E-state index contributed by atoms with van der Waals surface area (Å²) in [6.45, 7) is 0. The second-order valence-corrected chi connectivity index (χ2v) is 6.93. The van der Waals surface area contributed by atoms with Crippen molar-refractivity contribution in [3.05, 3.63) is 35.4 Å². The Bertz CT molecular complexity index is 564. The topological polar surface area (TPSA) is 46.5 Å². The van der Waals surface area contributed by atoms with E-state index in [1.165, 1.54) is 32.8 Å². The molecule has 0 saturated heterocycles. The van der Waals surface area contributed by atoms with Crippen molar-refractivity contribution >= 4 is 5.97 Å². The number of ether oxygens (including phenoxy) is 1. The van der Waals surface area contributed by atoms with Crippen LogP contribution in [-0.2, 0) is 10.3 Å². The standard InChI is InChI=1S/C17H20O3/c1-20-15(18)12-2-4-13(5-3-12)17(19)10-16-7-6-11(9-16)8-14(16)17/h2-5,11,14,19H,6-10H2,1H3/t11?,14?,16?,17-/m0/s1. The van der Waals surface area contributed by atoms with Gasteiger partial charge in [-0.05, 0) is 67.1 Å². The van der Waals surface area contributed by atoms with Gasteiger partial charge < -0.3 is 9.84 Å². The zero-order valence-electron chi connectivity index (χ0n) is 11.8. The highest BCUT2D eigenvalue weighted by Gasteiger charge is 2.68. The SMILES string of the molecule is COC(=O)c1ccc([C@@]2(O)CC34CCC(CC32)C4)cc1. The maximum absolute atomic E-state index is 11.5. The summed E-state index contributed by atoms with van der Waals surface area (Å²) in [5.41, 5.74) is 1.28. The molecule has 0 amide bonds. The lowest BCUT2D eigenvalue weighted by molar-refractivity contribution is -0.191. The summed E-state index contributed by atoms with van der Waals surface area (Å²) in [4.78, 5) is 11.5. The Balaban J connectivity index is 1.61. The van der Waals surface area contributed by atoms with Crippen LogP contribution in [0, 0.1) is 17.3 Å². The molecule has 3 heteroatoms. The van der Waals surface area contributed by atoms with Crippen molar-refractivity contribution in [3.63, 3.8) is 0 Å². The van der Waals surface area contributed by atoms with Crippen molar-refractivity contribution in [1.82, 2.24) is 0 Å². The van der Waals surface area contributed by atoms with Gasteiger partial charge in [0.2, 0.25) is 0 Å². The Labute approximate surface area is 118 Å². The number of carbonyl (C=O) groups is 1. The van der Waals surface area contributed by atoms with Crippen LogP contribution < -0.4 is 0 Å². The van der Waals surface area contributed by atoms with Gasteiger partial charge in [0.15, 0.2) is 0 Å². The van der Waals surface area contributed by atoms with Gasteiger partial charge in [0.1, 0.15) is 0 Å². The van der Waals surface area contributed by atoms with Gasteiger partial charge in [-0.3, -0.25) is 0 Å². The molecule has 3 unspecified atom stereocenters. The largest absolute Gasteiger partial charge is 0.465 e. The van der Waals surface area contributed by atoms with Crippen LogP contribution in [0.25, 0.3) is 0 Å². The van der Waals surface area contributed by atoms with Crippen molar-refractivity contribution in [2.45, 2.75) is 37.7 Å². The van der Waals surface area contributed by atoms with Crippen LogP contribution in [0.2, 0.25) is 0 Å². The van der Waals surface area contributed by atoms with Crippen molar-refractivity contribution in [2.24, 2.45) is 17.3 Å². The predicted octanol–water partition coefficient (Wildman–Crippen LogP) is 2.87. The zero-order chi connectivity index (χ0) is 14.0. The Kier molecular flexibility index (Phi) is 2.39. The van der Waals surface area contributed by atoms with Gasteiger partial charge in [0.25, 0.3) is 0 Å². The van der Waals surface area contributed by atoms with E-state index in [1.54, 1.807) is 12.1 Å². The van der Waals surface area contributed by atoms with Gasteiger partial charge in [0.05, 0.1) is 18.3 Å². The summed E-state index contributed by atoms with van der Waals surface area (Å²) in [7, 11) is 1.38. The normalized spacial score (nSPS) is 41.1. The fraction of sp³-hybridized carbons (Fsp3) is 0.588. The van der Waals surface area contributed by atoms with E-state index in [-0.39, 0.29) is 5.97 Å². The molecule has 4 atom stereocenters. The van der Waals surface area contributed by atoms with Crippen molar-refractivity contribution in [1.29, 1.82) is 0 Å². The van der Waals surface area contributed by atoms with E-state index in [0.717, 1.165) is 17.9 Å². The molecule has 0 aliphatic heterocycles. The van der Waals surface area contributed by atoms with Crippen LogP contribution >= 0.6 is 0 Å². The van der Waals surface area contributed by atoms with E-state index < -0.39 is 5.60 Å². The third-order valence-corrected chi connectivity index (χ3v) is 6.06. The van der Waals surface area contributed by atoms with Crippen molar-refractivity contribution in [3.8, 4) is 0 Å². The maximum Gasteiger partial charge on any atom is 0.337 e. The van der Waals surface area contributed by atoms with Gasteiger partial charge in [-0.15, -0.1) is 0 Å². The average molecular weight is 272 g/mol. The van der Waals surface area contributed by atoms with E-state index in [4.69, 9.17) is 4.74 Å². The van der Waals surface area contributed by atoms with Gasteiger partial charge in [0, 0.05) is 0 Å². The zero-order valence-corrected chi connectivity index (χ0v) is 11.8. The minimum atomic E-state index is -0.663. The lowest BCUT2D eigenvalue weighted by Crippen LogP contribution is -2.56. The molecular weight excluding hydrogens is 252 g/mol. The molecule has 3 nitrogen and oxygen atoms in total. The minimum absolute atomic E-state index is 0.325. The summed E-state index contributed by atoms with van der Waals surface area (Å²) < 4.78 is 4.71. The Hall–Kier alpha value is -1.35. The van der Waals surface area contributed by atoms with Crippen LogP contribution in [0.5, 0.6) is 0 Å². The molecule has 106 valence electrons. The molecule has 0 aromatic heterocycles. The fourth-order valence-electron chi connectivity index (χ4n) is 5.20. The molecule has 20 heavy (non-hydrogen) atoms. The number of esters is 1. The molecule has 3 saturated carbocycles. The lowest BCUT2D eigenvalue weighted by atomic mass is 9.49. The molecule has 3 fully saturated rings. The number of hydrogen-bond acceptors (Lipinski definition) is 3. The highest BCUT2D eigenvalue weighted by molar-refractivity contribution is 5.89. The summed E-state index contributed by atoms with van der Waals surface area (Å²) in [5, 5.41) is 11.0. The fourth-order valence-corrected chi connectivity index (χ4v) is 5.20. The molecule has 0 radical (unpaired) electrons. The molecule has 1 N–H and O–H groups in total. The summed E-state index contributed by atoms with van der Waals surface area (Å²) in [6, 6.07) is 7.31. The number of methoxy groups -OCH3 is 1. The first-order valence-electron chi connectivity index (χ1n) is 7.49. The molecule has 1 spiro atoms. The van der Waals surface area contributed by atoms with Gasteiger partial charge in [-0.25, -0.2) is 4.79 Å². The molecule has 3 aliphatic rings. The second-order valence-electron chi connectivity index (χ2n) is 6.93. The molecule has 2 bridgehead atoms. The molecule has 0 heterocycles. The first-order chi connectivity index (χ1) is 9.57. The molecule has 1 aromatic carbocycles. The summed E-state index contributed by atoms with van der Waals surface area (Å²) in [6.07, 6.45) is 6.05. The number of carbonyl (C=O) groups excluding carboxylic acids is 1. The van der Waals surface area contributed by atoms with Crippen LogP contribution in [0.4, 0.5) is 0 Å². The van der Waals surface area contributed by atoms with Gasteiger partial charge >= 0.3 is 5.97 Å². The van der Waals surface area contributed by atoms with E-state index in [2.05, 4.69) is 0 Å². The van der Waals surface area contributed by atoms with Crippen LogP contribution in [0.15, 0.2) is 24.3 Å². The Morgan fingerprint density at radius 3 is 2.70 bits per heavy atom. The number of fused-ring (bicyclic) bond motifs is 1. The molecule has 1 aromatic rings. The monoisotopic (exact) mass is 272 g/mol. The third-order valence-electron chi connectivity index (χ3n) is 6.06. The Morgan fingerprint density at radius 1 is 1.35 bits per heavy atom. The average Bonchev–Trinajstić information content (AvgIpc) is 3.01. The van der Waals surface area contributed by atoms with Gasteiger partial charge in [-0.2, -0.15) is 0 Å². The Morgan fingerprint density at radius 2 is 2.10 bits per heavy atom. The van der Waals surface area contributed by atoms with E-state index >= 15 is 0 Å².